The smallest absolute Gasteiger partial charge is 0.309 e. The zero-order valence-corrected chi connectivity index (χ0v) is 23.2. The molecule has 1 aromatic carbocycles. The summed E-state index contributed by atoms with van der Waals surface area (Å²) in [5.41, 5.74) is 3.36. The number of aliphatic carboxylic acids is 1. The quantitative estimate of drug-likeness (QED) is 0.373. The summed E-state index contributed by atoms with van der Waals surface area (Å²) in [6.45, 7) is 10.3. The summed E-state index contributed by atoms with van der Waals surface area (Å²) in [4.78, 5) is 23.1. The maximum Gasteiger partial charge on any atom is 0.309 e. The molecule has 0 bridgehead atoms. The third kappa shape index (κ3) is 5.70. The number of nitrogens with zero attached hydrogens (tertiary/aromatic N) is 4. The molecule has 0 atom stereocenters. The van der Waals surface area contributed by atoms with Crippen LogP contribution in [0.3, 0.4) is 0 Å². The number of aromatic nitrogens is 3. The molecule has 0 radical (unpaired) electrons. The third-order valence-electron chi connectivity index (χ3n) is 7.05. The van der Waals surface area contributed by atoms with E-state index in [0.29, 0.717) is 41.2 Å². The van der Waals surface area contributed by atoms with Gasteiger partial charge in [0, 0.05) is 61.6 Å². The van der Waals surface area contributed by atoms with Crippen LogP contribution in [0.4, 0.5) is 11.6 Å². The van der Waals surface area contributed by atoms with Gasteiger partial charge in [0.1, 0.15) is 5.82 Å². The molecule has 3 heterocycles. The van der Waals surface area contributed by atoms with Gasteiger partial charge in [-0.2, -0.15) is 4.98 Å². The fraction of sp³-hybridized carbons (Fsp3) is 0.464. The largest absolute Gasteiger partial charge is 0.493 e. The van der Waals surface area contributed by atoms with Crippen LogP contribution in [0.15, 0.2) is 30.7 Å². The van der Waals surface area contributed by atoms with Crippen LogP contribution >= 0.6 is 0 Å². The van der Waals surface area contributed by atoms with Gasteiger partial charge in [-0.1, -0.05) is 0 Å². The normalized spacial score (nSPS) is 14.2. The Morgan fingerprint density at radius 2 is 1.74 bits per heavy atom. The van der Waals surface area contributed by atoms with E-state index >= 15 is 0 Å². The van der Waals surface area contributed by atoms with Gasteiger partial charge in [-0.15, -0.1) is 0 Å². The van der Waals surface area contributed by atoms with Crippen LogP contribution in [-0.4, -0.2) is 64.9 Å². The number of hydrogen-bond donors (Lipinski definition) is 2. The van der Waals surface area contributed by atoms with Crippen molar-refractivity contribution >= 4 is 17.6 Å². The van der Waals surface area contributed by atoms with Crippen molar-refractivity contribution in [3.63, 3.8) is 0 Å². The Bertz CT molecular complexity index is 1290. The number of aryl methyl sites for hydroxylation is 2. The second kappa shape index (κ2) is 10.9. The Morgan fingerprint density at radius 1 is 1.08 bits per heavy atom. The summed E-state index contributed by atoms with van der Waals surface area (Å²) < 4.78 is 18.3. The van der Waals surface area contributed by atoms with E-state index in [1.54, 1.807) is 53.5 Å². The van der Waals surface area contributed by atoms with Crippen molar-refractivity contribution in [2.45, 2.75) is 40.7 Å². The fourth-order valence-corrected chi connectivity index (χ4v) is 4.91. The molecule has 0 aliphatic carbocycles. The number of likely N-dealkylation sites (tertiary alicyclic amines) is 1. The van der Waals surface area contributed by atoms with E-state index in [-0.39, 0.29) is 0 Å². The highest BCUT2D eigenvalue weighted by Crippen LogP contribution is 2.40. The third-order valence-corrected chi connectivity index (χ3v) is 7.05. The van der Waals surface area contributed by atoms with E-state index in [1.807, 2.05) is 11.5 Å². The first-order valence-corrected chi connectivity index (χ1v) is 12.6. The minimum atomic E-state index is -0.733. The van der Waals surface area contributed by atoms with Crippen molar-refractivity contribution in [3.05, 3.63) is 47.4 Å². The van der Waals surface area contributed by atoms with Gasteiger partial charge < -0.3 is 29.2 Å². The van der Waals surface area contributed by atoms with Crippen molar-refractivity contribution < 1.29 is 24.1 Å². The minimum absolute atomic E-state index is 0.413. The molecule has 0 amide bonds. The molecule has 4 rings (SSSR count). The number of benzene rings is 1. The molecule has 204 valence electrons. The lowest BCUT2D eigenvalue weighted by Crippen LogP contribution is -2.48. The predicted molar refractivity (Wildman–Crippen MR) is 145 cm³/mol. The lowest BCUT2D eigenvalue weighted by Gasteiger charge is -2.42. The van der Waals surface area contributed by atoms with Crippen molar-refractivity contribution in [1.82, 2.24) is 19.4 Å². The highest BCUT2D eigenvalue weighted by Gasteiger charge is 2.36. The molecule has 0 saturated carbocycles. The van der Waals surface area contributed by atoms with Crippen LogP contribution in [0.1, 0.15) is 37.0 Å². The van der Waals surface area contributed by atoms with E-state index < -0.39 is 11.4 Å². The van der Waals surface area contributed by atoms with Gasteiger partial charge in [-0.25, -0.2) is 4.98 Å². The number of carbonyl (C=O) groups is 1. The molecule has 0 unspecified atom stereocenters. The lowest BCUT2D eigenvalue weighted by atomic mass is 9.79. The Balaban J connectivity index is 1.48. The molecular formula is C28H37N5O5. The standard InChI is InChI=1S/C28H37N5O5/c1-17-11-29-27(30-21-8-22(36-5)24(38-7)23(9-21)37-6)31-25(17)33-12-18(2)20(16-33)15-32-13-19(14-32)10-28(3,4)26(34)35/h8-9,11-12,16,19H,10,13-15H2,1-7H3,(H,34,35)(H,29,30,31). The first-order chi connectivity index (χ1) is 18.0. The molecule has 10 heteroatoms. The maximum atomic E-state index is 11.4. The summed E-state index contributed by atoms with van der Waals surface area (Å²) in [5, 5.41) is 12.6. The second-order valence-corrected chi connectivity index (χ2v) is 10.6. The Kier molecular flexibility index (Phi) is 7.82. The van der Waals surface area contributed by atoms with E-state index in [0.717, 1.165) is 31.0 Å². The van der Waals surface area contributed by atoms with Crippen LogP contribution < -0.4 is 19.5 Å². The maximum absolute atomic E-state index is 11.4. The second-order valence-electron chi connectivity index (χ2n) is 10.6. The van der Waals surface area contributed by atoms with Crippen LogP contribution in [0.5, 0.6) is 17.2 Å². The van der Waals surface area contributed by atoms with Crippen LogP contribution in [0.2, 0.25) is 0 Å². The van der Waals surface area contributed by atoms with Gasteiger partial charge in [0.05, 0.1) is 26.7 Å². The van der Waals surface area contributed by atoms with Crippen LogP contribution in [0, 0.1) is 25.2 Å². The molecule has 10 nitrogen and oxygen atoms in total. The highest BCUT2D eigenvalue weighted by molar-refractivity contribution is 5.73. The highest BCUT2D eigenvalue weighted by atomic mass is 16.5. The van der Waals surface area contributed by atoms with E-state index in [9.17, 15) is 9.90 Å². The number of carboxylic acids is 1. The summed E-state index contributed by atoms with van der Waals surface area (Å²) in [6, 6.07) is 3.61. The van der Waals surface area contributed by atoms with E-state index in [2.05, 4.69) is 34.5 Å². The van der Waals surface area contributed by atoms with Gasteiger partial charge >= 0.3 is 5.97 Å². The number of methoxy groups -OCH3 is 3. The van der Waals surface area contributed by atoms with Gasteiger partial charge in [-0.3, -0.25) is 9.69 Å². The van der Waals surface area contributed by atoms with Gasteiger partial charge in [0.15, 0.2) is 11.5 Å². The average molecular weight is 524 g/mol. The van der Waals surface area contributed by atoms with E-state index in [1.165, 1.54) is 11.1 Å². The zero-order chi connectivity index (χ0) is 27.6. The predicted octanol–water partition coefficient (Wildman–Crippen LogP) is 4.59. The van der Waals surface area contributed by atoms with Crippen molar-refractivity contribution in [3.8, 4) is 23.1 Å². The summed E-state index contributed by atoms with van der Waals surface area (Å²) >= 11 is 0. The number of rotatable bonds is 11. The Morgan fingerprint density at radius 3 is 2.32 bits per heavy atom. The lowest BCUT2D eigenvalue weighted by molar-refractivity contribution is -0.148. The number of carboxylic acid groups (broad SMARTS) is 1. The van der Waals surface area contributed by atoms with Crippen molar-refractivity contribution in [2.24, 2.45) is 11.3 Å². The molecule has 38 heavy (non-hydrogen) atoms. The average Bonchev–Trinajstić information content (AvgIpc) is 3.22. The molecule has 1 saturated heterocycles. The molecule has 1 aliphatic rings. The number of hydrogen-bond acceptors (Lipinski definition) is 8. The van der Waals surface area contributed by atoms with Gasteiger partial charge in [0.2, 0.25) is 11.7 Å². The van der Waals surface area contributed by atoms with Gasteiger partial charge in [0.25, 0.3) is 0 Å². The van der Waals surface area contributed by atoms with Crippen LogP contribution in [-0.2, 0) is 11.3 Å². The zero-order valence-electron chi connectivity index (χ0n) is 23.2. The van der Waals surface area contributed by atoms with Gasteiger partial charge in [-0.05, 0) is 51.2 Å². The first kappa shape index (κ1) is 27.3. The molecule has 1 aliphatic heterocycles. The van der Waals surface area contributed by atoms with Crippen LogP contribution in [0.25, 0.3) is 5.82 Å². The first-order valence-electron chi connectivity index (χ1n) is 12.6. The topological polar surface area (TPSA) is 111 Å². The van der Waals surface area contributed by atoms with Crippen molar-refractivity contribution in [1.29, 1.82) is 0 Å². The number of anilines is 2. The Hall–Kier alpha value is -3.79. The SMILES string of the molecule is COc1cc(Nc2ncc(C)c(-n3cc(C)c(CN4CC(CC(C)(C)C(=O)O)C4)c3)n2)cc(OC)c1OC. The molecule has 3 aromatic rings. The summed E-state index contributed by atoms with van der Waals surface area (Å²) in [6.07, 6.45) is 6.68. The summed E-state index contributed by atoms with van der Waals surface area (Å²) in [5.74, 6) is 2.49. The molecule has 2 N–H and O–H groups in total. The minimum Gasteiger partial charge on any atom is -0.493 e. The fourth-order valence-electron chi connectivity index (χ4n) is 4.91. The summed E-state index contributed by atoms with van der Waals surface area (Å²) in [7, 11) is 4.71. The van der Waals surface area contributed by atoms with Crippen molar-refractivity contribution in [2.75, 3.05) is 39.7 Å². The number of ether oxygens (including phenoxy) is 3. The number of nitrogens with one attached hydrogen (secondary N) is 1. The van der Waals surface area contributed by atoms with E-state index in [4.69, 9.17) is 19.2 Å². The monoisotopic (exact) mass is 523 g/mol. The Labute approximate surface area is 223 Å². The molecule has 1 fully saturated rings. The molecule has 0 spiro atoms. The molecule has 2 aromatic heterocycles. The molecular weight excluding hydrogens is 486 g/mol.